The van der Waals surface area contributed by atoms with Crippen LogP contribution in [0.2, 0.25) is 0 Å². The van der Waals surface area contributed by atoms with Gasteiger partial charge in [-0.05, 0) is 26.5 Å². The van der Waals surface area contributed by atoms with E-state index in [0.29, 0.717) is 0 Å². The number of amides is 2. The van der Waals surface area contributed by atoms with E-state index < -0.39 is 0 Å². The van der Waals surface area contributed by atoms with Crippen LogP contribution in [0.4, 0.5) is 4.79 Å². The Balaban J connectivity index is 2.13. The number of hydrogen-bond acceptors (Lipinski definition) is 2. The molecule has 1 atom stereocenters. The van der Waals surface area contributed by atoms with Crippen LogP contribution >= 0.6 is 0 Å². The van der Waals surface area contributed by atoms with Crippen molar-refractivity contribution in [2.45, 2.75) is 25.4 Å². The predicted molar refractivity (Wildman–Crippen MR) is 77.1 cm³/mol. The quantitative estimate of drug-likeness (QED) is 0.901. The normalized spacial score (nSPS) is 20.2. The van der Waals surface area contributed by atoms with Crippen LogP contribution in [0.3, 0.4) is 0 Å². The number of urea groups is 1. The molecule has 1 N–H and O–H groups in total. The summed E-state index contributed by atoms with van der Waals surface area (Å²) in [6.45, 7) is 5.69. The molecule has 2 amide bonds. The third-order valence-corrected chi connectivity index (χ3v) is 3.88. The average Bonchev–Trinajstić information content (AvgIpc) is 2.68. The molecule has 1 saturated heterocycles. The Morgan fingerprint density at radius 2 is 1.95 bits per heavy atom. The third kappa shape index (κ3) is 2.89. The zero-order valence-corrected chi connectivity index (χ0v) is 12.2. The summed E-state index contributed by atoms with van der Waals surface area (Å²) in [7, 11) is 3.81. The largest absolute Gasteiger partial charge is 0.320 e. The molecule has 0 aromatic heterocycles. The molecule has 0 saturated carbocycles. The van der Waals surface area contributed by atoms with Gasteiger partial charge in [0.15, 0.2) is 0 Å². The van der Waals surface area contributed by atoms with Crippen LogP contribution in [-0.4, -0.2) is 48.6 Å². The summed E-state index contributed by atoms with van der Waals surface area (Å²) in [6.07, 6.45) is 0. The molecule has 1 aliphatic heterocycles. The van der Waals surface area contributed by atoms with E-state index in [1.807, 2.05) is 42.1 Å². The minimum Gasteiger partial charge on any atom is -0.320 e. The van der Waals surface area contributed by atoms with Crippen LogP contribution in [-0.2, 0) is 0 Å². The minimum absolute atomic E-state index is 0.0674. The number of hydrogen-bond donors (Lipinski definition) is 1. The zero-order valence-electron chi connectivity index (χ0n) is 12.2. The summed E-state index contributed by atoms with van der Waals surface area (Å²) in [6, 6.07) is 10.5. The fourth-order valence-electron chi connectivity index (χ4n) is 2.46. The monoisotopic (exact) mass is 261 g/mol. The Morgan fingerprint density at radius 1 is 1.32 bits per heavy atom. The Bertz CT molecular complexity index is 444. The van der Waals surface area contributed by atoms with Gasteiger partial charge in [-0.25, -0.2) is 4.79 Å². The van der Waals surface area contributed by atoms with Gasteiger partial charge >= 0.3 is 6.03 Å². The van der Waals surface area contributed by atoms with E-state index in [0.717, 1.165) is 13.1 Å². The van der Waals surface area contributed by atoms with Gasteiger partial charge in [-0.3, -0.25) is 0 Å². The van der Waals surface area contributed by atoms with Gasteiger partial charge in [0.25, 0.3) is 0 Å². The molecular weight excluding hydrogens is 238 g/mol. The summed E-state index contributed by atoms with van der Waals surface area (Å²) >= 11 is 0. The van der Waals surface area contributed by atoms with Crippen molar-refractivity contribution in [3.8, 4) is 0 Å². The second-order valence-corrected chi connectivity index (χ2v) is 5.83. The first kappa shape index (κ1) is 13.9. The van der Waals surface area contributed by atoms with Gasteiger partial charge in [0.2, 0.25) is 0 Å². The predicted octanol–water partition coefficient (Wildman–Crippen LogP) is 2.09. The van der Waals surface area contributed by atoms with Crippen LogP contribution < -0.4 is 5.32 Å². The number of nitrogens with one attached hydrogen (secondary N) is 1. The molecule has 0 spiro atoms. The van der Waals surface area contributed by atoms with E-state index in [2.05, 4.69) is 31.3 Å². The zero-order chi connectivity index (χ0) is 14.0. The number of benzene rings is 1. The van der Waals surface area contributed by atoms with Crippen LogP contribution in [0.1, 0.15) is 25.5 Å². The van der Waals surface area contributed by atoms with Crippen molar-refractivity contribution in [1.29, 1.82) is 0 Å². The molecular formula is C15H23N3O. The van der Waals surface area contributed by atoms with E-state index >= 15 is 0 Å². The maximum atomic E-state index is 12.3. The van der Waals surface area contributed by atoms with Crippen molar-refractivity contribution in [3.05, 3.63) is 35.9 Å². The SMILES string of the molecule is CNC(C)(C)CN1CC(c2ccccc2)N(C)C1=O. The molecule has 104 valence electrons. The fourth-order valence-corrected chi connectivity index (χ4v) is 2.46. The first-order valence-electron chi connectivity index (χ1n) is 6.70. The minimum atomic E-state index is -0.0674. The van der Waals surface area contributed by atoms with Crippen LogP contribution in [0, 0.1) is 0 Å². The number of carbonyl (C=O) groups excluding carboxylic acids is 1. The Labute approximate surface area is 115 Å². The first-order chi connectivity index (χ1) is 8.94. The third-order valence-electron chi connectivity index (χ3n) is 3.88. The van der Waals surface area contributed by atoms with Gasteiger partial charge in [0, 0.05) is 25.7 Å². The summed E-state index contributed by atoms with van der Waals surface area (Å²) in [5.41, 5.74) is 1.13. The highest BCUT2D eigenvalue weighted by Gasteiger charge is 2.37. The first-order valence-corrected chi connectivity index (χ1v) is 6.70. The van der Waals surface area contributed by atoms with E-state index in [1.54, 1.807) is 0 Å². The van der Waals surface area contributed by atoms with Crippen LogP contribution in [0.5, 0.6) is 0 Å². The Kier molecular flexibility index (Phi) is 3.80. The van der Waals surface area contributed by atoms with Gasteiger partial charge in [-0.1, -0.05) is 30.3 Å². The molecule has 0 radical (unpaired) electrons. The van der Waals surface area contributed by atoms with Crippen molar-refractivity contribution < 1.29 is 4.79 Å². The molecule has 1 aliphatic rings. The maximum Gasteiger partial charge on any atom is 0.320 e. The highest BCUT2D eigenvalue weighted by atomic mass is 16.2. The Hall–Kier alpha value is -1.55. The lowest BCUT2D eigenvalue weighted by Gasteiger charge is -2.29. The molecule has 1 aromatic carbocycles. The smallest absolute Gasteiger partial charge is 0.320 e. The number of rotatable bonds is 4. The van der Waals surface area contributed by atoms with Gasteiger partial charge in [0.05, 0.1) is 6.04 Å². The van der Waals surface area contributed by atoms with Gasteiger partial charge < -0.3 is 15.1 Å². The summed E-state index contributed by atoms with van der Waals surface area (Å²) in [4.78, 5) is 16.1. The van der Waals surface area contributed by atoms with Crippen molar-refractivity contribution in [3.63, 3.8) is 0 Å². The lowest BCUT2D eigenvalue weighted by Crippen LogP contribution is -2.48. The molecule has 1 unspecified atom stereocenters. The van der Waals surface area contributed by atoms with E-state index in [4.69, 9.17) is 0 Å². The molecule has 0 aliphatic carbocycles. The number of carbonyl (C=O) groups is 1. The topological polar surface area (TPSA) is 35.6 Å². The van der Waals surface area contributed by atoms with Crippen LogP contribution in [0.25, 0.3) is 0 Å². The van der Waals surface area contributed by atoms with Gasteiger partial charge in [-0.2, -0.15) is 0 Å². The standard InChI is InChI=1S/C15H23N3O/c1-15(2,16-3)11-18-10-13(17(4)14(18)19)12-8-6-5-7-9-12/h5-9,13,16H,10-11H2,1-4H3. The van der Waals surface area contributed by atoms with E-state index in [-0.39, 0.29) is 17.6 Å². The summed E-state index contributed by atoms with van der Waals surface area (Å²) in [5.74, 6) is 0. The Morgan fingerprint density at radius 3 is 2.53 bits per heavy atom. The molecule has 2 rings (SSSR count). The number of nitrogens with zero attached hydrogens (tertiary/aromatic N) is 2. The van der Waals surface area contributed by atoms with Crippen molar-refractivity contribution in [2.75, 3.05) is 27.2 Å². The van der Waals surface area contributed by atoms with Gasteiger partial charge in [0.1, 0.15) is 0 Å². The number of likely N-dealkylation sites (N-methyl/N-ethyl adjacent to an activating group) is 2. The van der Waals surface area contributed by atoms with E-state index in [9.17, 15) is 4.79 Å². The molecule has 19 heavy (non-hydrogen) atoms. The molecule has 1 heterocycles. The van der Waals surface area contributed by atoms with Crippen LogP contribution in [0.15, 0.2) is 30.3 Å². The van der Waals surface area contributed by atoms with Crippen molar-refractivity contribution in [2.24, 2.45) is 0 Å². The summed E-state index contributed by atoms with van der Waals surface area (Å²) in [5, 5.41) is 3.25. The lowest BCUT2D eigenvalue weighted by atomic mass is 10.0. The molecule has 4 heteroatoms. The molecule has 1 fully saturated rings. The average molecular weight is 261 g/mol. The maximum absolute atomic E-state index is 12.3. The molecule has 0 bridgehead atoms. The second-order valence-electron chi connectivity index (χ2n) is 5.83. The summed E-state index contributed by atoms with van der Waals surface area (Å²) < 4.78 is 0. The highest BCUT2D eigenvalue weighted by molar-refractivity contribution is 5.77. The fraction of sp³-hybridized carbons (Fsp3) is 0.533. The highest BCUT2D eigenvalue weighted by Crippen LogP contribution is 2.28. The lowest BCUT2D eigenvalue weighted by molar-refractivity contribution is 0.184. The second kappa shape index (κ2) is 5.21. The van der Waals surface area contributed by atoms with Gasteiger partial charge in [-0.15, -0.1) is 0 Å². The van der Waals surface area contributed by atoms with Crippen molar-refractivity contribution in [1.82, 2.24) is 15.1 Å². The van der Waals surface area contributed by atoms with E-state index in [1.165, 1.54) is 5.56 Å². The van der Waals surface area contributed by atoms with Crippen molar-refractivity contribution >= 4 is 6.03 Å². The molecule has 4 nitrogen and oxygen atoms in total. The molecule has 1 aromatic rings.